The summed E-state index contributed by atoms with van der Waals surface area (Å²) in [7, 11) is 0. The lowest BCUT2D eigenvalue weighted by Gasteiger charge is -2.41. The zero-order valence-corrected chi connectivity index (χ0v) is 7.77. The van der Waals surface area contributed by atoms with Crippen molar-refractivity contribution in [3.05, 3.63) is 24.2 Å². The highest BCUT2D eigenvalue weighted by Crippen LogP contribution is 2.49. The summed E-state index contributed by atoms with van der Waals surface area (Å²) in [6.45, 7) is 0. The molecular weight excluding hydrogens is 182 g/mol. The van der Waals surface area contributed by atoms with Crippen LogP contribution >= 0.6 is 0 Å². The van der Waals surface area contributed by atoms with E-state index in [9.17, 15) is 4.79 Å². The molecule has 4 nitrogen and oxygen atoms in total. The normalized spacial score (nSPS) is 21.2. The van der Waals surface area contributed by atoms with Crippen LogP contribution in [-0.4, -0.2) is 11.1 Å². The van der Waals surface area contributed by atoms with Gasteiger partial charge in [-0.1, -0.05) is 6.42 Å². The molecule has 0 radical (unpaired) electrons. The molecule has 1 atom stereocenters. The zero-order valence-electron chi connectivity index (χ0n) is 7.77. The van der Waals surface area contributed by atoms with Crippen LogP contribution in [0.1, 0.15) is 30.9 Å². The fourth-order valence-corrected chi connectivity index (χ4v) is 1.99. The molecular formula is C10H13NO3. The second-order valence-electron chi connectivity index (χ2n) is 3.85. The standard InChI is InChI=1S/C10H13NO3/c11-8(7-2-5-14-6-7)10(9(12)13)3-1-4-10/h2,5-6,8H,1,3-4,11H2,(H,12,13). The molecule has 0 aromatic carbocycles. The topological polar surface area (TPSA) is 76.5 Å². The Morgan fingerprint density at radius 1 is 1.64 bits per heavy atom. The molecule has 0 spiro atoms. The van der Waals surface area contributed by atoms with Crippen LogP contribution in [0.3, 0.4) is 0 Å². The van der Waals surface area contributed by atoms with E-state index >= 15 is 0 Å². The minimum atomic E-state index is -0.794. The molecule has 4 heteroatoms. The number of carbonyl (C=O) groups is 1. The SMILES string of the molecule is NC(c1ccoc1)C1(C(=O)O)CCC1. The van der Waals surface area contributed by atoms with Crippen LogP contribution in [0.2, 0.25) is 0 Å². The summed E-state index contributed by atoms with van der Waals surface area (Å²) in [5, 5.41) is 9.14. The van der Waals surface area contributed by atoms with Gasteiger partial charge in [-0.2, -0.15) is 0 Å². The number of nitrogens with two attached hydrogens (primary N) is 1. The Hall–Kier alpha value is -1.29. The van der Waals surface area contributed by atoms with Crippen LogP contribution < -0.4 is 5.73 Å². The van der Waals surface area contributed by atoms with Gasteiger partial charge in [0.15, 0.2) is 0 Å². The number of aliphatic carboxylic acids is 1. The van der Waals surface area contributed by atoms with Crippen LogP contribution in [0.15, 0.2) is 23.0 Å². The number of furan rings is 1. The molecule has 0 bridgehead atoms. The van der Waals surface area contributed by atoms with Crippen molar-refractivity contribution in [2.75, 3.05) is 0 Å². The van der Waals surface area contributed by atoms with Gasteiger partial charge in [-0.3, -0.25) is 4.79 Å². The van der Waals surface area contributed by atoms with Gasteiger partial charge in [-0.05, 0) is 18.9 Å². The largest absolute Gasteiger partial charge is 0.481 e. The quantitative estimate of drug-likeness (QED) is 0.766. The molecule has 1 fully saturated rings. The third-order valence-corrected chi connectivity index (χ3v) is 3.17. The first kappa shape index (κ1) is 9.27. The van der Waals surface area contributed by atoms with E-state index in [1.165, 1.54) is 12.5 Å². The van der Waals surface area contributed by atoms with Gasteiger partial charge in [-0.25, -0.2) is 0 Å². The third-order valence-electron chi connectivity index (χ3n) is 3.17. The fourth-order valence-electron chi connectivity index (χ4n) is 1.99. The highest BCUT2D eigenvalue weighted by atomic mass is 16.4. The van der Waals surface area contributed by atoms with Gasteiger partial charge in [0.05, 0.1) is 17.9 Å². The number of carboxylic acid groups (broad SMARTS) is 1. The molecule has 0 saturated heterocycles. The molecule has 76 valence electrons. The lowest BCUT2D eigenvalue weighted by atomic mass is 9.63. The van der Waals surface area contributed by atoms with E-state index in [-0.39, 0.29) is 0 Å². The molecule has 2 rings (SSSR count). The second-order valence-corrected chi connectivity index (χ2v) is 3.85. The predicted octanol–water partition coefficient (Wildman–Crippen LogP) is 1.53. The van der Waals surface area contributed by atoms with Crippen molar-refractivity contribution in [3.8, 4) is 0 Å². The van der Waals surface area contributed by atoms with Gasteiger partial charge < -0.3 is 15.3 Å². The van der Waals surface area contributed by atoms with E-state index in [1.807, 2.05) is 0 Å². The lowest BCUT2D eigenvalue weighted by molar-refractivity contribution is -0.156. The van der Waals surface area contributed by atoms with Crippen molar-refractivity contribution in [2.45, 2.75) is 25.3 Å². The summed E-state index contributed by atoms with van der Waals surface area (Å²) in [6, 6.07) is 1.28. The van der Waals surface area contributed by atoms with Gasteiger partial charge in [0.25, 0.3) is 0 Å². The van der Waals surface area contributed by atoms with Crippen molar-refractivity contribution in [3.63, 3.8) is 0 Å². The van der Waals surface area contributed by atoms with E-state index in [0.29, 0.717) is 12.8 Å². The fraction of sp³-hybridized carbons (Fsp3) is 0.500. The average molecular weight is 195 g/mol. The summed E-state index contributed by atoms with van der Waals surface area (Å²) in [4.78, 5) is 11.1. The van der Waals surface area contributed by atoms with E-state index in [0.717, 1.165) is 12.0 Å². The number of hydrogen-bond donors (Lipinski definition) is 2. The summed E-state index contributed by atoms with van der Waals surface area (Å²) in [5.41, 5.74) is 5.95. The molecule has 1 unspecified atom stereocenters. The molecule has 1 aromatic rings. The molecule has 0 amide bonds. The van der Waals surface area contributed by atoms with Crippen molar-refractivity contribution in [2.24, 2.45) is 11.1 Å². The van der Waals surface area contributed by atoms with Gasteiger partial charge >= 0.3 is 5.97 Å². The Balaban J connectivity index is 2.25. The predicted molar refractivity (Wildman–Crippen MR) is 49.6 cm³/mol. The van der Waals surface area contributed by atoms with Crippen LogP contribution in [0.4, 0.5) is 0 Å². The van der Waals surface area contributed by atoms with Gasteiger partial charge in [-0.15, -0.1) is 0 Å². The first-order chi connectivity index (χ1) is 6.67. The van der Waals surface area contributed by atoms with E-state index < -0.39 is 17.4 Å². The van der Waals surface area contributed by atoms with E-state index in [4.69, 9.17) is 15.3 Å². The van der Waals surface area contributed by atoms with E-state index in [2.05, 4.69) is 0 Å². The molecule has 1 saturated carbocycles. The van der Waals surface area contributed by atoms with Crippen molar-refractivity contribution < 1.29 is 14.3 Å². The zero-order chi connectivity index (χ0) is 10.2. The number of rotatable bonds is 3. The van der Waals surface area contributed by atoms with Gasteiger partial charge in [0, 0.05) is 11.6 Å². The third kappa shape index (κ3) is 1.14. The summed E-state index contributed by atoms with van der Waals surface area (Å²) in [6.07, 6.45) is 5.30. The lowest BCUT2D eigenvalue weighted by Crippen LogP contribution is -2.46. The van der Waals surface area contributed by atoms with Crippen LogP contribution in [0.5, 0.6) is 0 Å². The monoisotopic (exact) mass is 195 g/mol. The first-order valence-electron chi connectivity index (χ1n) is 4.68. The minimum Gasteiger partial charge on any atom is -0.481 e. The van der Waals surface area contributed by atoms with Crippen LogP contribution in [0, 0.1) is 5.41 Å². The first-order valence-corrected chi connectivity index (χ1v) is 4.68. The van der Waals surface area contributed by atoms with Crippen molar-refractivity contribution in [1.29, 1.82) is 0 Å². The molecule has 1 heterocycles. The summed E-state index contributed by atoms with van der Waals surface area (Å²) >= 11 is 0. The number of hydrogen-bond acceptors (Lipinski definition) is 3. The molecule has 1 aromatic heterocycles. The molecule has 3 N–H and O–H groups in total. The number of carboxylic acids is 1. The second kappa shape index (κ2) is 3.13. The molecule has 0 aliphatic heterocycles. The minimum absolute atomic E-state index is 0.451. The summed E-state index contributed by atoms with van der Waals surface area (Å²) < 4.78 is 4.91. The molecule has 1 aliphatic carbocycles. The van der Waals surface area contributed by atoms with Crippen LogP contribution in [0.25, 0.3) is 0 Å². The molecule has 14 heavy (non-hydrogen) atoms. The van der Waals surface area contributed by atoms with Crippen molar-refractivity contribution >= 4 is 5.97 Å². The Morgan fingerprint density at radius 3 is 2.71 bits per heavy atom. The Labute approximate surface area is 81.7 Å². The van der Waals surface area contributed by atoms with Crippen molar-refractivity contribution in [1.82, 2.24) is 0 Å². The average Bonchev–Trinajstić information content (AvgIpc) is 2.51. The Kier molecular flexibility index (Phi) is 2.07. The highest BCUT2D eigenvalue weighted by Gasteiger charge is 2.50. The maximum atomic E-state index is 11.1. The molecule has 1 aliphatic rings. The van der Waals surface area contributed by atoms with E-state index in [1.54, 1.807) is 6.07 Å². The summed E-state index contributed by atoms with van der Waals surface area (Å²) in [5.74, 6) is -0.794. The Morgan fingerprint density at radius 2 is 2.36 bits per heavy atom. The van der Waals surface area contributed by atoms with Gasteiger partial charge in [0.2, 0.25) is 0 Å². The Bertz CT molecular complexity index is 327. The smallest absolute Gasteiger partial charge is 0.311 e. The maximum Gasteiger partial charge on any atom is 0.311 e. The van der Waals surface area contributed by atoms with Crippen LogP contribution in [-0.2, 0) is 4.79 Å². The maximum absolute atomic E-state index is 11.1. The highest BCUT2D eigenvalue weighted by molar-refractivity contribution is 5.77. The van der Waals surface area contributed by atoms with Gasteiger partial charge in [0.1, 0.15) is 0 Å².